The molecule has 5 rings (SSSR count). The highest BCUT2D eigenvalue weighted by molar-refractivity contribution is 7.84. The van der Waals surface area contributed by atoms with Crippen molar-refractivity contribution in [1.82, 2.24) is 34.9 Å². The van der Waals surface area contributed by atoms with Gasteiger partial charge in [-0.1, -0.05) is 5.16 Å². The molecule has 1 unspecified atom stereocenters. The van der Waals surface area contributed by atoms with E-state index in [0.29, 0.717) is 18.8 Å². The summed E-state index contributed by atoms with van der Waals surface area (Å²) in [5.41, 5.74) is 5.12. The Morgan fingerprint density at radius 3 is 2.74 bits per heavy atom. The molecule has 43 heavy (non-hydrogen) atoms. The van der Waals surface area contributed by atoms with Crippen LogP contribution in [0.1, 0.15) is 29.8 Å². The summed E-state index contributed by atoms with van der Waals surface area (Å²) in [6.45, 7) is 0.577. The molecule has 20 heteroatoms. The SMILES string of the molecule is C[n+]1cccc(CNCc2cnn(CC3[C@H](NC(=O)C(=NOC4(C(=O)O)CC4)c4csc(N)n4)C(=O)N3S(=O)(=O)O)n2)c1. The fraction of sp³-hybridized carbons (Fsp3) is 0.391. The molecule has 0 spiro atoms. The van der Waals surface area contributed by atoms with Gasteiger partial charge in [0.1, 0.15) is 24.8 Å². The molecule has 3 aromatic heterocycles. The Labute approximate surface area is 248 Å². The van der Waals surface area contributed by atoms with E-state index >= 15 is 0 Å². The molecule has 1 aliphatic heterocycles. The van der Waals surface area contributed by atoms with Crippen LogP contribution in [0.25, 0.3) is 0 Å². The maximum Gasteiger partial charge on any atom is 0.362 e. The topological polar surface area (TPSA) is 248 Å². The molecule has 6 N–H and O–H groups in total. The number of nitrogen functional groups attached to an aromatic ring is 1. The van der Waals surface area contributed by atoms with E-state index in [1.807, 2.05) is 36.1 Å². The number of thiazole rings is 1. The Morgan fingerprint density at radius 2 is 2.12 bits per heavy atom. The highest BCUT2D eigenvalue weighted by Gasteiger charge is 2.56. The van der Waals surface area contributed by atoms with Crippen LogP contribution in [0.5, 0.6) is 0 Å². The number of aryl methyl sites for hydroxylation is 1. The highest BCUT2D eigenvalue weighted by Crippen LogP contribution is 2.40. The van der Waals surface area contributed by atoms with Gasteiger partial charge in [0, 0.05) is 42.9 Å². The predicted octanol–water partition coefficient (Wildman–Crippen LogP) is -2.03. The standard InChI is InChI=1S/C23H26N10O8S2/c1-31-6-2-3-13(10-31)7-25-8-14-9-26-32(29-14)11-16-18(20(35)33(16)43(38,39)40)28-19(34)17(15-12-42-22(24)27-15)30-41-23(4-5-23)21(36)37/h2-3,6,9-10,12,16,18,25H,4-5,7-8,11H2,1H3,(H4-,24,27,28,34,36,37,38,39,40)/p+1/t16?,18-/m0/s1. The molecular weight excluding hydrogens is 608 g/mol. The monoisotopic (exact) mass is 635 g/mol. The lowest BCUT2D eigenvalue weighted by atomic mass is 9.98. The van der Waals surface area contributed by atoms with Crippen molar-refractivity contribution in [1.29, 1.82) is 0 Å². The number of rotatable bonds is 13. The van der Waals surface area contributed by atoms with E-state index < -0.39 is 51.5 Å². The zero-order chi connectivity index (χ0) is 30.9. The minimum absolute atomic E-state index is 0.0497. The molecule has 2 aliphatic rings. The number of carboxylic acids is 1. The maximum absolute atomic E-state index is 13.2. The fourth-order valence-corrected chi connectivity index (χ4v) is 5.72. The van der Waals surface area contributed by atoms with Crippen LogP contribution < -0.4 is 20.9 Å². The molecule has 0 radical (unpaired) electrons. The van der Waals surface area contributed by atoms with Gasteiger partial charge in [-0.25, -0.2) is 18.7 Å². The van der Waals surface area contributed by atoms with Gasteiger partial charge in [-0.05, 0) is 6.07 Å². The van der Waals surface area contributed by atoms with Crippen LogP contribution in [0, 0.1) is 0 Å². The van der Waals surface area contributed by atoms with E-state index in [-0.39, 0.29) is 34.5 Å². The molecule has 228 valence electrons. The summed E-state index contributed by atoms with van der Waals surface area (Å²) in [5, 5.41) is 28.5. The number of aromatic nitrogens is 5. The fourth-order valence-electron chi connectivity index (χ4n) is 4.30. The van der Waals surface area contributed by atoms with Crippen molar-refractivity contribution in [3.8, 4) is 0 Å². The van der Waals surface area contributed by atoms with Crippen LogP contribution in [0.4, 0.5) is 5.13 Å². The third-order valence-corrected chi connectivity index (χ3v) is 8.28. The van der Waals surface area contributed by atoms with E-state index in [1.54, 1.807) is 0 Å². The number of oxime groups is 1. The van der Waals surface area contributed by atoms with Crippen molar-refractivity contribution in [2.75, 3.05) is 5.73 Å². The number of nitrogens with zero attached hydrogens (tertiary/aromatic N) is 7. The Balaban J connectivity index is 1.29. The van der Waals surface area contributed by atoms with Gasteiger partial charge in [0.2, 0.25) is 5.60 Å². The second-order valence-corrected chi connectivity index (χ2v) is 12.1. The molecule has 2 fully saturated rings. The van der Waals surface area contributed by atoms with Crippen molar-refractivity contribution >= 4 is 50.3 Å². The van der Waals surface area contributed by atoms with Crippen LogP contribution in [0.2, 0.25) is 0 Å². The number of carboxylic acid groups (broad SMARTS) is 1. The number of nitrogens with one attached hydrogen (secondary N) is 2. The zero-order valence-electron chi connectivity index (χ0n) is 22.5. The largest absolute Gasteiger partial charge is 0.478 e. The van der Waals surface area contributed by atoms with Crippen molar-refractivity contribution in [3.05, 3.63) is 53.1 Å². The number of aliphatic carboxylic acids is 1. The van der Waals surface area contributed by atoms with Gasteiger partial charge in [-0.2, -0.15) is 23.4 Å². The minimum atomic E-state index is -4.99. The molecule has 18 nitrogen and oxygen atoms in total. The summed E-state index contributed by atoms with van der Waals surface area (Å²) >= 11 is 0.978. The summed E-state index contributed by atoms with van der Waals surface area (Å²) in [5.74, 6) is -3.40. The summed E-state index contributed by atoms with van der Waals surface area (Å²) in [7, 11) is -3.09. The Hall–Kier alpha value is -4.53. The Morgan fingerprint density at radius 1 is 1.35 bits per heavy atom. The number of β-lactam (4-membered cyclic amide) rings is 1. The van der Waals surface area contributed by atoms with Crippen LogP contribution in [-0.2, 0) is 56.2 Å². The van der Waals surface area contributed by atoms with E-state index in [2.05, 4.69) is 31.0 Å². The van der Waals surface area contributed by atoms with Crippen LogP contribution in [0.15, 0.2) is 41.3 Å². The number of hydrogen-bond donors (Lipinski definition) is 5. The first-order chi connectivity index (χ1) is 20.4. The molecule has 1 aliphatic carbocycles. The first kappa shape index (κ1) is 29.9. The number of pyridine rings is 1. The number of amides is 2. The number of carbonyl (C=O) groups excluding carboxylic acids is 2. The lowest BCUT2D eigenvalue weighted by Crippen LogP contribution is -2.73. The second kappa shape index (κ2) is 11.6. The number of hydrogen-bond acceptors (Lipinski definition) is 13. The van der Waals surface area contributed by atoms with Crippen molar-refractivity contribution in [2.24, 2.45) is 12.2 Å². The number of carbonyl (C=O) groups is 3. The minimum Gasteiger partial charge on any atom is -0.478 e. The smallest absolute Gasteiger partial charge is 0.362 e. The van der Waals surface area contributed by atoms with Crippen LogP contribution >= 0.6 is 11.3 Å². The average molecular weight is 636 g/mol. The molecule has 2 atom stereocenters. The highest BCUT2D eigenvalue weighted by atomic mass is 32.2. The normalized spacial score (nSPS) is 19.5. The lowest BCUT2D eigenvalue weighted by molar-refractivity contribution is -0.671. The molecular formula is C23H27N10O8S2+. The van der Waals surface area contributed by atoms with Crippen molar-refractivity contribution in [3.63, 3.8) is 0 Å². The van der Waals surface area contributed by atoms with E-state index in [4.69, 9.17) is 10.6 Å². The summed E-state index contributed by atoms with van der Waals surface area (Å²) in [6, 6.07) is 1.12. The number of anilines is 1. The summed E-state index contributed by atoms with van der Waals surface area (Å²) < 4.78 is 35.7. The van der Waals surface area contributed by atoms with E-state index in [1.165, 1.54) is 11.6 Å². The van der Waals surface area contributed by atoms with Gasteiger partial charge in [-0.15, -0.1) is 11.3 Å². The zero-order valence-corrected chi connectivity index (χ0v) is 24.2. The van der Waals surface area contributed by atoms with Crippen molar-refractivity contribution in [2.45, 2.75) is 50.2 Å². The van der Waals surface area contributed by atoms with Crippen molar-refractivity contribution < 1.29 is 41.9 Å². The summed E-state index contributed by atoms with van der Waals surface area (Å²) in [4.78, 5) is 47.8. The third-order valence-electron chi connectivity index (χ3n) is 6.66. The Bertz CT molecular complexity index is 1700. The van der Waals surface area contributed by atoms with Crippen LogP contribution in [-0.4, -0.2) is 83.5 Å². The molecule has 1 saturated carbocycles. The van der Waals surface area contributed by atoms with Gasteiger partial charge in [-0.3, -0.25) is 14.1 Å². The quantitative estimate of drug-likeness (QED) is 0.0447. The Kier molecular flexibility index (Phi) is 8.10. The first-order valence-electron chi connectivity index (χ1n) is 12.7. The summed E-state index contributed by atoms with van der Waals surface area (Å²) in [6.07, 6.45) is 5.66. The van der Waals surface area contributed by atoms with Gasteiger partial charge in [0.15, 0.2) is 23.2 Å². The molecule has 2 amide bonds. The van der Waals surface area contributed by atoms with Gasteiger partial charge < -0.3 is 26.3 Å². The number of nitrogens with two attached hydrogens (primary N) is 1. The maximum atomic E-state index is 13.2. The van der Waals surface area contributed by atoms with Gasteiger partial charge in [0.25, 0.3) is 11.8 Å². The van der Waals surface area contributed by atoms with Gasteiger partial charge in [0.05, 0.1) is 18.4 Å². The molecule has 3 aromatic rings. The average Bonchev–Trinajstić information content (AvgIpc) is 3.40. The molecule has 0 bridgehead atoms. The first-order valence-corrected chi connectivity index (χ1v) is 15.0. The van der Waals surface area contributed by atoms with Crippen LogP contribution in [0.3, 0.4) is 0 Å². The van der Waals surface area contributed by atoms with E-state index in [9.17, 15) is 32.5 Å². The lowest BCUT2D eigenvalue weighted by Gasteiger charge is -2.43. The molecule has 4 heterocycles. The van der Waals surface area contributed by atoms with Gasteiger partial charge >= 0.3 is 16.3 Å². The predicted molar refractivity (Wildman–Crippen MR) is 146 cm³/mol. The second-order valence-electron chi connectivity index (χ2n) is 9.90. The van der Waals surface area contributed by atoms with E-state index in [0.717, 1.165) is 21.7 Å². The molecule has 0 aromatic carbocycles. The molecule has 1 saturated heterocycles. The third kappa shape index (κ3) is 6.61.